The minimum atomic E-state index is 0.650. The Hall–Kier alpha value is -6.00. The van der Waals surface area contributed by atoms with Crippen LogP contribution in [0.4, 0.5) is 0 Å². The van der Waals surface area contributed by atoms with Gasteiger partial charge in [-0.25, -0.2) is 15.0 Å². The molecule has 6 aromatic carbocycles. The van der Waals surface area contributed by atoms with Crippen LogP contribution in [0.1, 0.15) is 0 Å². The SMILES string of the molecule is c1ccc(-c2nc(-c3ccccc3)nc(-c3ccc(-c4ccc5ccc(-c6ccnc7ccccc67)cc5c4)cc3)n2)cc1. The van der Waals surface area contributed by atoms with Crippen molar-refractivity contribution in [3.05, 3.63) is 158 Å². The fourth-order valence-corrected chi connectivity index (χ4v) is 5.69. The van der Waals surface area contributed by atoms with E-state index in [2.05, 4.69) is 89.9 Å². The van der Waals surface area contributed by atoms with Crippen LogP contribution in [0, 0.1) is 0 Å². The Balaban J connectivity index is 1.16. The van der Waals surface area contributed by atoms with Crippen LogP contribution in [-0.2, 0) is 0 Å². The maximum atomic E-state index is 4.88. The first kappa shape index (κ1) is 25.7. The van der Waals surface area contributed by atoms with Crippen molar-refractivity contribution < 1.29 is 0 Å². The summed E-state index contributed by atoms with van der Waals surface area (Å²) in [5.74, 6) is 1.97. The molecule has 0 unspecified atom stereocenters. The molecule has 8 aromatic rings. The zero-order valence-corrected chi connectivity index (χ0v) is 23.8. The second kappa shape index (κ2) is 11.0. The summed E-state index contributed by atoms with van der Waals surface area (Å²) in [5.41, 5.74) is 8.53. The first-order chi connectivity index (χ1) is 21.8. The minimum absolute atomic E-state index is 0.650. The van der Waals surface area contributed by atoms with Crippen LogP contribution >= 0.6 is 0 Å². The van der Waals surface area contributed by atoms with Crippen molar-refractivity contribution in [1.82, 2.24) is 19.9 Å². The van der Waals surface area contributed by atoms with Gasteiger partial charge in [-0.2, -0.15) is 0 Å². The standard InChI is InChI=1S/C40H26N4/c1-3-9-29(10-4-1)38-42-39(30-11-5-2-6-12-30)44-40(43-38)31-19-15-27(16-20-31)32-21-17-28-18-22-33(26-34(28)25-32)35-23-24-41-37-14-8-7-13-36(35)37/h1-26H. The van der Waals surface area contributed by atoms with E-state index in [0.29, 0.717) is 17.5 Å². The number of aromatic nitrogens is 4. The van der Waals surface area contributed by atoms with Crippen molar-refractivity contribution in [2.45, 2.75) is 0 Å². The average Bonchev–Trinajstić information content (AvgIpc) is 3.11. The third-order valence-electron chi connectivity index (χ3n) is 7.98. The highest BCUT2D eigenvalue weighted by molar-refractivity contribution is 5.98. The van der Waals surface area contributed by atoms with Crippen LogP contribution < -0.4 is 0 Å². The molecule has 0 bridgehead atoms. The number of pyridine rings is 1. The molecule has 4 heteroatoms. The quantitative estimate of drug-likeness (QED) is 0.209. The van der Waals surface area contributed by atoms with Gasteiger partial charge in [-0.3, -0.25) is 4.98 Å². The largest absolute Gasteiger partial charge is 0.256 e. The van der Waals surface area contributed by atoms with E-state index >= 15 is 0 Å². The molecule has 0 spiro atoms. The van der Waals surface area contributed by atoms with Crippen LogP contribution in [0.3, 0.4) is 0 Å². The van der Waals surface area contributed by atoms with Gasteiger partial charge in [0.2, 0.25) is 0 Å². The number of hydrogen-bond donors (Lipinski definition) is 0. The summed E-state index contributed by atoms with van der Waals surface area (Å²) in [6, 6.07) is 52.3. The lowest BCUT2D eigenvalue weighted by Crippen LogP contribution is -2.00. The summed E-state index contributed by atoms with van der Waals surface area (Å²) < 4.78 is 0. The molecule has 0 aliphatic rings. The fraction of sp³-hybridized carbons (Fsp3) is 0. The number of nitrogens with zero attached hydrogens (tertiary/aromatic N) is 4. The molecule has 44 heavy (non-hydrogen) atoms. The molecule has 0 aliphatic carbocycles. The molecule has 2 aromatic heterocycles. The van der Waals surface area contributed by atoms with Gasteiger partial charge in [0.15, 0.2) is 17.5 Å². The van der Waals surface area contributed by atoms with Gasteiger partial charge in [-0.1, -0.05) is 127 Å². The molecule has 0 radical (unpaired) electrons. The predicted molar refractivity (Wildman–Crippen MR) is 180 cm³/mol. The van der Waals surface area contributed by atoms with Crippen LogP contribution in [0.2, 0.25) is 0 Å². The van der Waals surface area contributed by atoms with Crippen molar-refractivity contribution >= 4 is 21.7 Å². The lowest BCUT2D eigenvalue weighted by Gasteiger charge is -2.10. The lowest BCUT2D eigenvalue weighted by atomic mass is 9.96. The van der Waals surface area contributed by atoms with Crippen molar-refractivity contribution in [2.75, 3.05) is 0 Å². The molecule has 4 nitrogen and oxygen atoms in total. The van der Waals surface area contributed by atoms with Gasteiger partial charge < -0.3 is 0 Å². The number of benzene rings is 6. The summed E-state index contributed by atoms with van der Waals surface area (Å²) in [6.07, 6.45) is 1.89. The van der Waals surface area contributed by atoms with Crippen molar-refractivity contribution in [1.29, 1.82) is 0 Å². The highest BCUT2D eigenvalue weighted by Gasteiger charge is 2.13. The van der Waals surface area contributed by atoms with E-state index in [-0.39, 0.29) is 0 Å². The summed E-state index contributed by atoms with van der Waals surface area (Å²) >= 11 is 0. The number of hydrogen-bond acceptors (Lipinski definition) is 4. The zero-order chi connectivity index (χ0) is 29.3. The summed E-state index contributed by atoms with van der Waals surface area (Å²) in [5, 5.41) is 3.56. The maximum absolute atomic E-state index is 4.88. The number of para-hydroxylation sites is 1. The lowest BCUT2D eigenvalue weighted by molar-refractivity contribution is 1.07. The summed E-state index contributed by atoms with van der Waals surface area (Å²) in [6.45, 7) is 0. The topological polar surface area (TPSA) is 51.6 Å². The van der Waals surface area contributed by atoms with Gasteiger partial charge in [0.1, 0.15) is 0 Å². The summed E-state index contributed by atoms with van der Waals surface area (Å²) in [4.78, 5) is 19.1. The van der Waals surface area contributed by atoms with E-state index in [0.717, 1.165) is 38.7 Å². The van der Waals surface area contributed by atoms with Crippen LogP contribution in [-0.4, -0.2) is 19.9 Å². The molecule has 0 saturated heterocycles. The molecule has 206 valence electrons. The van der Waals surface area contributed by atoms with Crippen LogP contribution in [0.25, 0.3) is 78.1 Å². The highest BCUT2D eigenvalue weighted by atomic mass is 15.0. The van der Waals surface area contributed by atoms with Crippen molar-refractivity contribution in [3.8, 4) is 56.4 Å². The van der Waals surface area contributed by atoms with E-state index in [4.69, 9.17) is 15.0 Å². The normalized spacial score (nSPS) is 11.2. The van der Waals surface area contributed by atoms with Crippen LogP contribution in [0.5, 0.6) is 0 Å². The van der Waals surface area contributed by atoms with Gasteiger partial charge in [0.05, 0.1) is 5.52 Å². The fourth-order valence-electron chi connectivity index (χ4n) is 5.69. The molecule has 2 heterocycles. The highest BCUT2D eigenvalue weighted by Crippen LogP contribution is 2.33. The van der Waals surface area contributed by atoms with Crippen LogP contribution in [0.15, 0.2) is 158 Å². The summed E-state index contributed by atoms with van der Waals surface area (Å²) in [7, 11) is 0. The van der Waals surface area contributed by atoms with Gasteiger partial charge in [0.25, 0.3) is 0 Å². The number of rotatable bonds is 5. The van der Waals surface area contributed by atoms with Gasteiger partial charge in [-0.05, 0) is 57.3 Å². The molecular formula is C40H26N4. The Morgan fingerprint density at radius 1 is 0.341 bits per heavy atom. The smallest absolute Gasteiger partial charge is 0.164 e. The first-order valence-corrected chi connectivity index (χ1v) is 14.6. The molecular weight excluding hydrogens is 536 g/mol. The Kier molecular flexibility index (Phi) is 6.43. The van der Waals surface area contributed by atoms with Gasteiger partial charge in [-0.15, -0.1) is 0 Å². The van der Waals surface area contributed by atoms with Gasteiger partial charge >= 0.3 is 0 Å². The monoisotopic (exact) mass is 562 g/mol. The Labute approximate surface area is 255 Å². The minimum Gasteiger partial charge on any atom is -0.256 e. The van der Waals surface area contributed by atoms with E-state index in [1.54, 1.807) is 0 Å². The van der Waals surface area contributed by atoms with Gasteiger partial charge in [0, 0.05) is 28.3 Å². The molecule has 0 amide bonds. The Morgan fingerprint density at radius 3 is 1.50 bits per heavy atom. The average molecular weight is 563 g/mol. The van der Waals surface area contributed by atoms with E-state index < -0.39 is 0 Å². The van der Waals surface area contributed by atoms with E-state index in [1.165, 1.54) is 21.9 Å². The zero-order valence-electron chi connectivity index (χ0n) is 23.8. The second-order valence-corrected chi connectivity index (χ2v) is 10.8. The molecule has 0 atom stereocenters. The Bertz CT molecular complexity index is 2200. The van der Waals surface area contributed by atoms with E-state index in [1.807, 2.05) is 72.9 Å². The molecule has 0 saturated carbocycles. The maximum Gasteiger partial charge on any atom is 0.164 e. The number of fused-ring (bicyclic) bond motifs is 2. The first-order valence-electron chi connectivity index (χ1n) is 14.6. The molecule has 0 N–H and O–H groups in total. The molecule has 0 fully saturated rings. The predicted octanol–water partition coefficient (Wildman–Crippen LogP) is 9.91. The molecule has 8 rings (SSSR count). The van der Waals surface area contributed by atoms with E-state index in [9.17, 15) is 0 Å². The Morgan fingerprint density at radius 2 is 0.841 bits per heavy atom. The molecule has 0 aliphatic heterocycles. The third-order valence-corrected chi connectivity index (χ3v) is 7.98. The van der Waals surface area contributed by atoms with Crippen molar-refractivity contribution in [2.24, 2.45) is 0 Å². The van der Waals surface area contributed by atoms with Crippen molar-refractivity contribution in [3.63, 3.8) is 0 Å². The third kappa shape index (κ3) is 4.89. The second-order valence-electron chi connectivity index (χ2n) is 10.8.